The Morgan fingerprint density at radius 1 is 1.30 bits per heavy atom. The third-order valence-electron chi connectivity index (χ3n) is 3.40. The van der Waals surface area contributed by atoms with E-state index in [1.165, 1.54) is 0 Å². The van der Waals surface area contributed by atoms with Crippen molar-refractivity contribution in [1.82, 2.24) is 14.9 Å². The van der Waals surface area contributed by atoms with Crippen LogP contribution < -0.4 is 10.6 Å². The summed E-state index contributed by atoms with van der Waals surface area (Å²) in [6.45, 7) is 6.15. The molecule has 0 aliphatic carbocycles. The van der Waals surface area contributed by atoms with Gasteiger partial charge in [-0.2, -0.15) is 0 Å². The van der Waals surface area contributed by atoms with Gasteiger partial charge in [-0.05, 0) is 12.8 Å². The molecule has 0 atom stereocenters. The van der Waals surface area contributed by atoms with Crippen LogP contribution in [0.2, 0.25) is 0 Å². The second kappa shape index (κ2) is 6.54. The van der Waals surface area contributed by atoms with E-state index >= 15 is 0 Å². The number of hydrogen-bond acceptors (Lipinski definition) is 5. The van der Waals surface area contributed by atoms with Gasteiger partial charge in [-0.15, -0.1) is 0 Å². The second-order valence-electron chi connectivity index (χ2n) is 5.34. The number of hydrogen-bond donors (Lipinski definition) is 2. The van der Waals surface area contributed by atoms with E-state index in [0.717, 1.165) is 37.6 Å². The van der Waals surface area contributed by atoms with Crippen LogP contribution in [0.5, 0.6) is 0 Å². The second-order valence-corrected chi connectivity index (χ2v) is 5.34. The van der Waals surface area contributed by atoms with Crippen molar-refractivity contribution in [2.45, 2.75) is 32.6 Å². The lowest BCUT2D eigenvalue weighted by molar-refractivity contribution is -0.128. The molecular weight excluding hydrogens is 254 g/mol. The zero-order valence-electron chi connectivity index (χ0n) is 12.4. The van der Waals surface area contributed by atoms with Crippen molar-refractivity contribution in [3.63, 3.8) is 0 Å². The zero-order chi connectivity index (χ0) is 14.5. The third-order valence-corrected chi connectivity index (χ3v) is 3.40. The highest BCUT2D eigenvalue weighted by Gasteiger charge is 2.17. The molecule has 2 rings (SSSR count). The van der Waals surface area contributed by atoms with Gasteiger partial charge in [0, 0.05) is 32.1 Å². The van der Waals surface area contributed by atoms with Gasteiger partial charge in [-0.25, -0.2) is 9.97 Å². The Labute approximate surface area is 120 Å². The molecule has 0 spiro atoms. The van der Waals surface area contributed by atoms with Gasteiger partial charge in [-0.1, -0.05) is 13.8 Å². The predicted molar refractivity (Wildman–Crippen MR) is 80.0 cm³/mol. The summed E-state index contributed by atoms with van der Waals surface area (Å²) in [4.78, 5) is 22.7. The number of amides is 1. The van der Waals surface area contributed by atoms with Crippen LogP contribution in [0.25, 0.3) is 0 Å². The van der Waals surface area contributed by atoms with E-state index in [0.29, 0.717) is 5.82 Å². The number of carbonyl (C=O) groups is 1. The van der Waals surface area contributed by atoms with Crippen molar-refractivity contribution in [2.24, 2.45) is 0 Å². The minimum atomic E-state index is 0.137. The normalized spacial score (nSPS) is 14.7. The van der Waals surface area contributed by atoms with E-state index in [-0.39, 0.29) is 18.4 Å². The summed E-state index contributed by atoms with van der Waals surface area (Å²) in [7, 11) is 1.83. The van der Waals surface area contributed by atoms with Crippen LogP contribution in [0.4, 0.5) is 11.6 Å². The molecule has 0 unspecified atom stereocenters. The summed E-state index contributed by atoms with van der Waals surface area (Å²) in [5.74, 6) is 2.62. The van der Waals surface area contributed by atoms with Crippen LogP contribution in [0, 0.1) is 0 Å². The van der Waals surface area contributed by atoms with Gasteiger partial charge < -0.3 is 15.5 Å². The fourth-order valence-corrected chi connectivity index (χ4v) is 2.19. The van der Waals surface area contributed by atoms with E-state index < -0.39 is 0 Å². The smallest absolute Gasteiger partial charge is 0.241 e. The summed E-state index contributed by atoms with van der Waals surface area (Å²) in [6.07, 6.45) is 2.22. The average Bonchev–Trinajstić information content (AvgIpc) is 2.98. The van der Waals surface area contributed by atoms with E-state index in [1.807, 2.05) is 31.9 Å². The minimum absolute atomic E-state index is 0.137. The molecule has 2 heterocycles. The molecule has 1 aliphatic heterocycles. The maximum atomic E-state index is 12.0. The van der Waals surface area contributed by atoms with Crippen molar-refractivity contribution >= 4 is 17.5 Å². The number of aromatic nitrogens is 2. The molecule has 1 aromatic rings. The Hall–Kier alpha value is -1.85. The molecule has 2 N–H and O–H groups in total. The maximum Gasteiger partial charge on any atom is 0.241 e. The Morgan fingerprint density at radius 2 is 1.95 bits per heavy atom. The first-order valence-corrected chi connectivity index (χ1v) is 7.18. The van der Waals surface area contributed by atoms with Crippen molar-refractivity contribution < 1.29 is 4.79 Å². The highest BCUT2D eigenvalue weighted by atomic mass is 16.2. The van der Waals surface area contributed by atoms with Gasteiger partial charge in [0.25, 0.3) is 0 Å². The van der Waals surface area contributed by atoms with Crippen LogP contribution in [0.3, 0.4) is 0 Å². The maximum absolute atomic E-state index is 12.0. The number of carbonyl (C=O) groups excluding carboxylic acids is 1. The predicted octanol–water partition coefficient (Wildman–Crippen LogP) is 1.68. The van der Waals surface area contributed by atoms with Crippen LogP contribution in [-0.2, 0) is 4.79 Å². The van der Waals surface area contributed by atoms with Crippen LogP contribution >= 0.6 is 0 Å². The Bertz CT molecular complexity index is 469. The molecule has 1 fully saturated rings. The average molecular weight is 277 g/mol. The van der Waals surface area contributed by atoms with Crippen LogP contribution in [0.1, 0.15) is 38.4 Å². The number of likely N-dealkylation sites (tertiary alicyclic amines) is 1. The quantitative estimate of drug-likeness (QED) is 0.857. The fourth-order valence-electron chi connectivity index (χ4n) is 2.19. The van der Waals surface area contributed by atoms with E-state index in [2.05, 4.69) is 20.6 Å². The van der Waals surface area contributed by atoms with Crippen LogP contribution in [-0.4, -0.2) is 47.5 Å². The van der Waals surface area contributed by atoms with E-state index in [9.17, 15) is 4.79 Å². The Kier molecular flexibility index (Phi) is 4.76. The standard InChI is InChI=1S/C14H23N5O/c1-10(2)14-17-11(15-3)8-12(18-14)16-9-13(20)19-6-4-5-7-19/h8,10H,4-7,9H2,1-3H3,(H2,15,16,17,18). The van der Waals surface area contributed by atoms with Crippen molar-refractivity contribution in [3.8, 4) is 0 Å². The van der Waals surface area contributed by atoms with Gasteiger partial charge in [0.15, 0.2) is 0 Å². The monoisotopic (exact) mass is 277 g/mol. The molecule has 20 heavy (non-hydrogen) atoms. The molecule has 0 bridgehead atoms. The number of nitrogens with zero attached hydrogens (tertiary/aromatic N) is 3. The summed E-state index contributed by atoms with van der Waals surface area (Å²) in [6, 6.07) is 1.82. The van der Waals surface area contributed by atoms with E-state index in [4.69, 9.17) is 0 Å². The first-order chi connectivity index (χ1) is 9.60. The number of anilines is 2. The third kappa shape index (κ3) is 3.59. The minimum Gasteiger partial charge on any atom is -0.373 e. The van der Waals surface area contributed by atoms with Gasteiger partial charge >= 0.3 is 0 Å². The topological polar surface area (TPSA) is 70.2 Å². The zero-order valence-corrected chi connectivity index (χ0v) is 12.4. The lowest BCUT2D eigenvalue weighted by Gasteiger charge is -2.16. The van der Waals surface area contributed by atoms with Crippen molar-refractivity contribution in [3.05, 3.63) is 11.9 Å². The molecule has 1 saturated heterocycles. The van der Waals surface area contributed by atoms with Crippen molar-refractivity contribution in [1.29, 1.82) is 0 Å². The molecule has 1 aliphatic rings. The largest absolute Gasteiger partial charge is 0.373 e. The summed E-state index contributed by atoms with van der Waals surface area (Å²) in [5.41, 5.74) is 0. The highest BCUT2D eigenvalue weighted by Crippen LogP contribution is 2.16. The summed E-state index contributed by atoms with van der Waals surface area (Å²) in [5, 5.41) is 6.13. The van der Waals surface area contributed by atoms with Gasteiger partial charge in [0.2, 0.25) is 5.91 Å². The van der Waals surface area contributed by atoms with Gasteiger partial charge in [0.05, 0.1) is 6.54 Å². The summed E-state index contributed by atoms with van der Waals surface area (Å²) < 4.78 is 0. The van der Waals surface area contributed by atoms with E-state index in [1.54, 1.807) is 0 Å². The molecule has 1 amide bonds. The first-order valence-electron chi connectivity index (χ1n) is 7.18. The van der Waals surface area contributed by atoms with Crippen LogP contribution in [0.15, 0.2) is 6.07 Å². The lowest BCUT2D eigenvalue weighted by atomic mass is 10.2. The molecular formula is C14H23N5O. The molecule has 0 aromatic carbocycles. The van der Waals surface area contributed by atoms with Gasteiger partial charge in [-0.3, -0.25) is 4.79 Å². The fraction of sp³-hybridized carbons (Fsp3) is 0.643. The lowest BCUT2D eigenvalue weighted by Crippen LogP contribution is -2.33. The number of nitrogens with one attached hydrogen (secondary N) is 2. The first kappa shape index (κ1) is 14.6. The molecule has 0 radical (unpaired) electrons. The van der Waals surface area contributed by atoms with Crippen molar-refractivity contribution in [2.75, 3.05) is 37.3 Å². The molecule has 6 nitrogen and oxygen atoms in total. The molecule has 110 valence electrons. The Morgan fingerprint density at radius 3 is 2.55 bits per heavy atom. The molecule has 1 aromatic heterocycles. The molecule has 0 saturated carbocycles. The number of rotatable bonds is 5. The summed E-state index contributed by atoms with van der Waals surface area (Å²) >= 11 is 0. The SMILES string of the molecule is CNc1cc(NCC(=O)N2CCCC2)nc(C(C)C)n1. The van der Waals surface area contributed by atoms with Gasteiger partial charge in [0.1, 0.15) is 17.5 Å². The highest BCUT2D eigenvalue weighted by molar-refractivity contribution is 5.80. The Balaban J connectivity index is 2.00. The molecule has 6 heteroatoms.